The zero-order chi connectivity index (χ0) is 16.4. The van der Waals surface area contributed by atoms with E-state index in [2.05, 4.69) is 20.7 Å². The lowest BCUT2D eigenvalue weighted by molar-refractivity contribution is 0.102. The fraction of sp³-hybridized carbons (Fsp3) is 0.188. The van der Waals surface area contributed by atoms with E-state index in [1.165, 1.54) is 7.11 Å². The van der Waals surface area contributed by atoms with Gasteiger partial charge in [-0.15, -0.1) is 0 Å². The molecule has 3 rings (SSSR count). The first-order valence-electron chi connectivity index (χ1n) is 7.14. The van der Waals surface area contributed by atoms with Gasteiger partial charge >= 0.3 is 0 Å². The van der Waals surface area contributed by atoms with Gasteiger partial charge in [-0.3, -0.25) is 4.79 Å². The summed E-state index contributed by atoms with van der Waals surface area (Å²) < 4.78 is 5.27. The van der Waals surface area contributed by atoms with Crippen LogP contribution in [0.15, 0.2) is 36.4 Å². The number of fused-ring (bicyclic) bond motifs is 1. The molecule has 3 aromatic rings. The van der Waals surface area contributed by atoms with Crippen LogP contribution in [0.4, 0.5) is 5.69 Å². The predicted molar refractivity (Wildman–Crippen MR) is 87.4 cm³/mol. The number of carbonyl (C=O) groups is 1. The topological polar surface area (TPSA) is 106 Å². The van der Waals surface area contributed by atoms with E-state index in [0.29, 0.717) is 28.0 Å². The molecule has 1 atom stereocenters. The Bertz CT molecular complexity index is 839. The molecule has 118 valence electrons. The number of ether oxygens (including phenoxy) is 1. The number of anilines is 1. The molecule has 1 amide bonds. The van der Waals surface area contributed by atoms with E-state index >= 15 is 0 Å². The molecule has 0 aliphatic carbocycles. The van der Waals surface area contributed by atoms with Gasteiger partial charge in [0.25, 0.3) is 5.91 Å². The van der Waals surface area contributed by atoms with E-state index in [-0.39, 0.29) is 11.9 Å². The highest BCUT2D eigenvalue weighted by molar-refractivity contribution is 6.08. The molecule has 0 saturated carbocycles. The van der Waals surface area contributed by atoms with Crippen molar-refractivity contribution in [2.24, 2.45) is 5.73 Å². The number of aromatic nitrogens is 3. The zero-order valence-electron chi connectivity index (χ0n) is 12.8. The number of carbonyl (C=O) groups excluding carboxylic acids is 1. The van der Waals surface area contributed by atoms with E-state index in [1.807, 2.05) is 31.2 Å². The summed E-state index contributed by atoms with van der Waals surface area (Å²) in [5.41, 5.74) is 9.14. The summed E-state index contributed by atoms with van der Waals surface area (Å²) in [5.74, 6) is 0.163. The van der Waals surface area contributed by atoms with Crippen LogP contribution in [-0.2, 0) is 0 Å². The number of methoxy groups -OCH3 is 1. The van der Waals surface area contributed by atoms with Gasteiger partial charge < -0.3 is 15.8 Å². The van der Waals surface area contributed by atoms with Crippen molar-refractivity contribution >= 4 is 22.6 Å². The second-order valence-electron chi connectivity index (χ2n) is 5.23. The number of aromatic amines is 1. The third kappa shape index (κ3) is 3.00. The molecule has 0 aliphatic heterocycles. The third-order valence-electron chi connectivity index (χ3n) is 3.58. The monoisotopic (exact) mass is 311 g/mol. The zero-order valence-corrected chi connectivity index (χ0v) is 12.8. The van der Waals surface area contributed by atoms with Crippen LogP contribution in [0.2, 0.25) is 0 Å². The summed E-state index contributed by atoms with van der Waals surface area (Å²) in [5, 5.41) is 13.3. The van der Waals surface area contributed by atoms with Gasteiger partial charge in [0.2, 0.25) is 0 Å². The first kappa shape index (κ1) is 15.0. The van der Waals surface area contributed by atoms with Crippen LogP contribution in [-0.4, -0.2) is 28.4 Å². The van der Waals surface area contributed by atoms with Crippen LogP contribution in [0.25, 0.3) is 11.0 Å². The van der Waals surface area contributed by atoms with Gasteiger partial charge in [-0.05, 0) is 30.7 Å². The highest BCUT2D eigenvalue weighted by Crippen LogP contribution is 2.24. The minimum absolute atomic E-state index is 0.0468. The van der Waals surface area contributed by atoms with Crippen molar-refractivity contribution in [2.75, 3.05) is 12.4 Å². The molecule has 0 unspecified atom stereocenters. The Morgan fingerprint density at radius 2 is 1.87 bits per heavy atom. The Hall–Kier alpha value is -2.93. The first-order chi connectivity index (χ1) is 11.1. The fourth-order valence-corrected chi connectivity index (χ4v) is 2.28. The minimum atomic E-state index is -0.278. The molecular weight excluding hydrogens is 294 g/mol. The molecule has 0 saturated heterocycles. The molecule has 1 heterocycles. The standard InChI is InChI=1S/C16H17N5O2/c1-9(17)10-3-5-11(6-4-10)18-16(22)12-7-13-14(20-21-19-13)8-15(12)23-2/h3-9H,17H2,1-2H3,(H,18,22)(H,19,20,21)/t9-/m0/s1. The molecule has 0 bridgehead atoms. The number of nitrogens with two attached hydrogens (primary N) is 1. The molecular formula is C16H17N5O2. The van der Waals surface area contributed by atoms with Crippen molar-refractivity contribution in [3.63, 3.8) is 0 Å². The van der Waals surface area contributed by atoms with Crippen molar-refractivity contribution in [1.29, 1.82) is 0 Å². The molecule has 0 radical (unpaired) electrons. The van der Waals surface area contributed by atoms with Gasteiger partial charge in [0, 0.05) is 17.8 Å². The normalized spacial score (nSPS) is 12.1. The maximum Gasteiger partial charge on any atom is 0.259 e. The Labute approximate surface area is 132 Å². The lowest BCUT2D eigenvalue weighted by Crippen LogP contribution is -2.13. The lowest BCUT2D eigenvalue weighted by atomic mass is 10.1. The van der Waals surface area contributed by atoms with Crippen LogP contribution in [0.1, 0.15) is 28.9 Å². The fourth-order valence-electron chi connectivity index (χ4n) is 2.28. The summed E-state index contributed by atoms with van der Waals surface area (Å²) >= 11 is 0. The van der Waals surface area contributed by atoms with Gasteiger partial charge in [0.15, 0.2) is 0 Å². The van der Waals surface area contributed by atoms with Crippen molar-refractivity contribution in [3.05, 3.63) is 47.5 Å². The summed E-state index contributed by atoms with van der Waals surface area (Å²) in [7, 11) is 1.51. The second kappa shape index (κ2) is 6.05. The molecule has 7 nitrogen and oxygen atoms in total. The van der Waals surface area contributed by atoms with Crippen LogP contribution >= 0.6 is 0 Å². The Morgan fingerprint density at radius 1 is 1.22 bits per heavy atom. The number of nitrogens with one attached hydrogen (secondary N) is 2. The Balaban J connectivity index is 1.87. The van der Waals surface area contributed by atoms with Crippen LogP contribution < -0.4 is 15.8 Å². The average molecular weight is 311 g/mol. The van der Waals surface area contributed by atoms with E-state index < -0.39 is 0 Å². The Morgan fingerprint density at radius 3 is 2.48 bits per heavy atom. The molecule has 23 heavy (non-hydrogen) atoms. The number of benzene rings is 2. The summed E-state index contributed by atoms with van der Waals surface area (Å²) in [6, 6.07) is 10.7. The number of hydrogen-bond acceptors (Lipinski definition) is 5. The summed E-state index contributed by atoms with van der Waals surface area (Å²) in [4.78, 5) is 12.5. The van der Waals surface area contributed by atoms with E-state index in [4.69, 9.17) is 10.5 Å². The van der Waals surface area contributed by atoms with Gasteiger partial charge in [0.1, 0.15) is 16.8 Å². The van der Waals surface area contributed by atoms with Gasteiger partial charge in [0.05, 0.1) is 12.7 Å². The summed E-state index contributed by atoms with van der Waals surface area (Å²) in [6.07, 6.45) is 0. The third-order valence-corrected chi connectivity index (χ3v) is 3.58. The number of rotatable bonds is 4. The number of H-pyrrole nitrogens is 1. The predicted octanol–water partition coefficient (Wildman–Crippen LogP) is 2.24. The number of hydrogen-bond donors (Lipinski definition) is 3. The minimum Gasteiger partial charge on any atom is -0.496 e. The smallest absolute Gasteiger partial charge is 0.259 e. The molecule has 1 aromatic heterocycles. The van der Waals surface area contributed by atoms with E-state index in [1.54, 1.807) is 12.1 Å². The highest BCUT2D eigenvalue weighted by Gasteiger charge is 2.15. The van der Waals surface area contributed by atoms with Crippen LogP contribution in [0.5, 0.6) is 5.75 Å². The van der Waals surface area contributed by atoms with Crippen molar-refractivity contribution < 1.29 is 9.53 Å². The second-order valence-corrected chi connectivity index (χ2v) is 5.23. The molecule has 0 aliphatic rings. The molecule has 4 N–H and O–H groups in total. The van der Waals surface area contributed by atoms with Crippen LogP contribution in [0, 0.1) is 0 Å². The number of amides is 1. The van der Waals surface area contributed by atoms with Crippen molar-refractivity contribution in [2.45, 2.75) is 13.0 Å². The highest BCUT2D eigenvalue weighted by atomic mass is 16.5. The largest absolute Gasteiger partial charge is 0.496 e. The SMILES string of the molecule is COc1cc2n[nH]nc2cc1C(=O)Nc1ccc([C@H](C)N)cc1. The molecule has 2 aromatic carbocycles. The molecule has 7 heteroatoms. The van der Waals surface area contributed by atoms with E-state index in [0.717, 1.165) is 5.56 Å². The Kier molecular flexibility index (Phi) is 3.94. The van der Waals surface area contributed by atoms with Crippen molar-refractivity contribution in [1.82, 2.24) is 15.4 Å². The maximum absolute atomic E-state index is 12.5. The van der Waals surface area contributed by atoms with E-state index in [9.17, 15) is 4.79 Å². The summed E-state index contributed by atoms with van der Waals surface area (Å²) in [6.45, 7) is 1.91. The average Bonchev–Trinajstić information content (AvgIpc) is 3.01. The lowest BCUT2D eigenvalue weighted by Gasteiger charge is -2.10. The van der Waals surface area contributed by atoms with Crippen LogP contribution in [0.3, 0.4) is 0 Å². The molecule has 0 fully saturated rings. The van der Waals surface area contributed by atoms with Crippen molar-refractivity contribution in [3.8, 4) is 5.75 Å². The van der Waals surface area contributed by atoms with Gasteiger partial charge in [-0.1, -0.05) is 12.1 Å². The quantitative estimate of drug-likeness (QED) is 0.685. The first-order valence-corrected chi connectivity index (χ1v) is 7.14. The van der Waals surface area contributed by atoms with Gasteiger partial charge in [-0.25, -0.2) is 0 Å². The number of nitrogens with zero attached hydrogens (tertiary/aromatic N) is 2. The maximum atomic E-state index is 12.5. The van der Waals surface area contributed by atoms with Gasteiger partial charge in [-0.2, -0.15) is 15.4 Å². The molecule has 0 spiro atoms.